The normalized spacial score (nSPS) is 13.6. The molecule has 0 amide bonds. The molecule has 1 atom stereocenters. The largest absolute Gasteiger partial charge is 0.389 e. The van der Waals surface area contributed by atoms with E-state index in [0.717, 1.165) is 5.56 Å². The summed E-state index contributed by atoms with van der Waals surface area (Å²) in [5, 5.41) is 3.11. The molecular weight excluding hydrogens is 258 g/mol. The minimum absolute atomic E-state index is 0.0384. The van der Waals surface area contributed by atoms with Crippen LogP contribution < -0.4 is 5.32 Å². The number of hydrogen-bond donors (Lipinski definition) is 1. The second-order valence-electron chi connectivity index (χ2n) is 4.68. The van der Waals surface area contributed by atoms with E-state index in [4.69, 9.17) is 0 Å². The van der Waals surface area contributed by atoms with Crippen LogP contribution in [0.4, 0.5) is 17.6 Å². The molecule has 0 spiro atoms. The number of aryl methyl sites for hydroxylation is 1. The van der Waals surface area contributed by atoms with Crippen LogP contribution in [0.15, 0.2) is 18.2 Å². The molecular formula is C14H19F4N. The highest BCUT2D eigenvalue weighted by Crippen LogP contribution is 2.27. The minimum atomic E-state index is -4.13. The smallest absolute Gasteiger partial charge is 0.310 e. The van der Waals surface area contributed by atoms with E-state index in [-0.39, 0.29) is 18.3 Å². The Morgan fingerprint density at radius 3 is 2.42 bits per heavy atom. The van der Waals surface area contributed by atoms with Crippen molar-refractivity contribution in [1.29, 1.82) is 0 Å². The fourth-order valence-corrected chi connectivity index (χ4v) is 2.11. The molecule has 0 fully saturated rings. The SMILES string of the molecule is CCNC(CCCC(F)(F)F)c1cc(C)cc(F)c1. The highest BCUT2D eigenvalue weighted by molar-refractivity contribution is 5.26. The van der Waals surface area contributed by atoms with Gasteiger partial charge in [0.15, 0.2) is 0 Å². The quantitative estimate of drug-likeness (QED) is 0.754. The number of alkyl halides is 3. The zero-order chi connectivity index (χ0) is 14.5. The van der Waals surface area contributed by atoms with Crippen LogP contribution in [0.25, 0.3) is 0 Å². The van der Waals surface area contributed by atoms with Gasteiger partial charge in [0, 0.05) is 12.5 Å². The van der Waals surface area contributed by atoms with E-state index in [2.05, 4.69) is 5.32 Å². The average molecular weight is 277 g/mol. The van der Waals surface area contributed by atoms with Crippen LogP contribution in [0.3, 0.4) is 0 Å². The number of nitrogens with one attached hydrogen (secondary N) is 1. The van der Waals surface area contributed by atoms with Crippen molar-refractivity contribution in [3.63, 3.8) is 0 Å². The molecule has 5 heteroatoms. The molecule has 1 unspecified atom stereocenters. The van der Waals surface area contributed by atoms with Crippen LogP contribution in [0.1, 0.15) is 43.4 Å². The molecule has 0 aromatic heterocycles. The summed E-state index contributed by atoms with van der Waals surface area (Å²) >= 11 is 0. The molecule has 0 heterocycles. The lowest BCUT2D eigenvalue weighted by atomic mass is 9.99. The van der Waals surface area contributed by atoms with E-state index in [0.29, 0.717) is 18.5 Å². The highest BCUT2D eigenvalue weighted by atomic mass is 19.4. The zero-order valence-electron chi connectivity index (χ0n) is 11.1. The molecule has 0 aliphatic rings. The predicted molar refractivity (Wildman–Crippen MR) is 67.5 cm³/mol. The van der Waals surface area contributed by atoms with Gasteiger partial charge in [0.2, 0.25) is 0 Å². The molecule has 19 heavy (non-hydrogen) atoms. The van der Waals surface area contributed by atoms with Crippen molar-refractivity contribution in [3.05, 3.63) is 35.1 Å². The topological polar surface area (TPSA) is 12.0 Å². The number of hydrogen-bond acceptors (Lipinski definition) is 1. The van der Waals surface area contributed by atoms with Gasteiger partial charge < -0.3 is 5.32 Å². The van der Waals surface area contributed by atoms with Gasteiger partial charge in [-0.15, -0.1) is 0 Å². The predicted octanol–water partition coefficient (Wildman–Crippen LogP) is 4.52. The van der Waals surface area contributed by atoms with Gasteiger partial charge in [0.1, 0.15) is 5.82 Å². The lowest BCUT2D eigenvalue weighted by molar-refractivity contribution is -0.135. The molecule has 0 bridgehead atoms. The van der Waals surface area contributed by atoms with Gasteiger partial charge in [-0.2, -0.15) is 13.2 Å². The van der Waals surface area contributed by atoms with Gasteiger partial charge in [-0.1, -0.05) is 13.0 Å². The molecule has 0 saturated heterocycles. The van der Waals surface area contributed by atoms with Gasteiger partial charge in [-0.05, 0) is 49.6 Å². The highest BCUT2D eigenvalue weighted by Gasteiger charge is 2.26. The summed E-state index contributed by atoms with van der Waals surface area (Å²) < 4.78 is 49.8. The maximum atomic E-state index is 13.3. The maximum Gasteiger partial charge on any atom is 0.389 e. The molecule has 1 nitrogen and oxygen atoms in total. The summed E-state index contributed by atoms with van der Waals surface area (Å²) in [5.41, 5.74) is 1.48. The first-order valence-corrected chi connectivity index (χ1v) is 6.39. The van der Waals surface area contributed by atoms with Gasteiger partial charge in [-0.3, -0.25) is 0 Å². The molecule has 0 radical (unpaired) electrons. The number of halogens is 4. The fraction of sp³-hybridized carbons (Fsp3) is 0.571. The van der Waals surface area contributed by atoms with E-state index in [1.165, 1.54) is 12.1 Å². The summed E-state index contributed by atoms with van der Waals surface area (Å²) in [6.45, 7) is 4.28. The van der Waals surface area contributed by atoms with Crippen molar-refractivity contribution in [1.82, 2.24) is 5.32 Å². The second kappa shape index (κ2) is 6.89. The van der Waals surface area contributed by atoms with Crippen LogP contribution in [0.2, 0.25) is 0 Å². The van der Waals surface area contributed by atoms with Crippen molar-refractivity contribution in [2.24, 2.45) is 0 Å². The number of rotatable bonds is 6. The summed E-state index contributed by atoms with van der Waals surface area (Å²) in [6, 6.07) is 4.36. The Kier molecular flexibility index (Phi) is 5.79. The first kappa shape index (κ1) is 16.0. The Morgan fingerprint density at radius 1 is 1.21 bits per heavy atom. The Labute approximate surface area is 111 Å². The van der Waals surface area contributed by atoms with Gasteiger partial charge in [0.05, 0.1) is 0 Å². The van der Waals surface area contributed by atoms with Gasteiger partial charge in [-0.25, -0.2) is 4.39 Å². The molecule has 0 saturated carbocycles. The van der Waals surface area contributed by atoms with Crippen molar-refractivity contribution < 1.29 is 17.6 Å². The van der Waals surface area contributed by atoms with Gasteiger partial charge >= 0.3 is 6.18 Å². The Bertz CT molecular complexity index is 381. The van der Waals surface area contributed by atoms with Crippen LogP contribution >= 0.6 is 0 Å². The monoisotopic (exact) mass is 277 g/mol. The molecule has 1 aromatic carbocycles. The Morgan fingerprint density at radius 2 is 1.89 bits per heavy atom. The van der Waals surface area contributed by atoms with E-state index in [1.54, 1.807) is 6.92 Å². The lowest BCUT2D eigenvalue weighted by Crippen LogP contribution is -2.21. The van der Waals surface area contributed by atoms with Crippen molar-refractivity contribution in [3.8, 4) is 0 Å². The van der Waals surface area contributed by atoms with Crippen molar-refractivity contribution in [2.45, 2.75) is 45.3 Å². The first-order valence-electron chi connectivity index (χ1n) is 6.39. The van der Waals surface area contributed by atoms with Crippen LogP contribution in [0.5, 0.6) is 0 Å². The molecule has 108 valence electrons. The molecule has 0 aliphatic heterocycles. The Hall–Kier alpha value is -1.10. The van der Waals surface area contributed by atoms with Crippen LogP contribution in [-0.4, -0.2) is 12.7 Å². The third-order valence-corrected chi connectivity index (χ3v) is 2.87. The van der Waals surface area contributed by atoms with E-state index in [1.807, 2.05) is 13.0 Å². The van der Waals surface area contributed by atoms with Gasteiger partial charge in [0.25, 0.3) is 0 Å². The molecule has 1 N–H and O–H groups in total. The summed E-state index contributed by atoms with van der Waals surface area (Å²) in [7, 11) is 0. The summed E-state index contributed by atoms with van der Waals surface area (Å²) in [4.78, 5) is 0. The summed E-state index contributed by atoms with van der Waals surface area (Å²) in [5.74, 6) is -0.353. The summed E-state index contributed by atoms with van der Waals surface area (Å²) in [6.07, 6.45) is -4.55. The Balaban J connectivity index is 2.71. The number of benzene rings is 1. The standard InChI is InChI=1S/C14H19F4N/c1-3-19-13(5-4-6-14(16,17)18)11-7-10(2)8-12(15)9-11/h7-9,13,19H,3-6H2,1-2H3. The van der Waals surface area contributed by atoms with Crippen molar-refractivity contribution in [2.75, 3.05) is 6.54 Å². The zero-order valence-corrected chi connectivity index (χ0v) is 11.1. The molecule has 1 rings (SSSR count). The second-order valence-corrected chi connectivity index (χ2v) is 4.68. The van der Waals surface area contributed by atoms with E-state index < -0.39 is 12.6 Å². The van der Waals surface area contributed by atoms with E-state index in [9.17, 15) is 17.6 Å². The minimum Gasteiger partial charge on any atom is -0.310 e. The van der Waals surface area contributed by atoms with Crippen molar-refractivity contribution >= 4 is 0 Å². The lowest BCUT2D eigenvalue weighted by Gasteiger charge is -2.19. The fourth-order valence-electron chi connectivity index (χ4n) is 2.11. The van der Waals surface area contributed by atoms with Crippen LogP contribution in [-0.2, 0) is 0 Å². The van der Waals surface area contributed by atoms with Crippen LogP contribution in [0, 0.1) is 12.7 Å². The maximum absolute atomic E-state index is 13.3. The average Bonchev–Trinajstić information content (AvgIpc) is 2.25. The molecule has 0 aliphatic carbocycles. The molecule has 1 aromatic rings. The van der Waals surface area contributed by atoms with E-state index >= 15 is 0 Å². The third kappa shape index (κ3) is 6.05. The third-order valence-electron chi connectivity index (χ3n) is 2.87. The first-order chi connectivity index (χ1) is 8.81.